The Morgan fingerprint density at radius 3 is 3.00 bits per heavy atom. The van der Waals surface area contributed by atoms with Crippen LogP contribution in [0.5, 0.6) is 0 Å². The van der Waals surface area contributed by atoms with Gasteiger partial charge in [0.2, 0.25) is 0 Å². The molecule has 2 unspecified atom stereocenters. The second-order valence-corrected chi connectivity index (χ2v) is 5.03. The number of methoxy groups -OCH3 is 1. The van der Waals surface area contributed by atoms with E-state index >= 15 is 0 Å². The molecule has 0 aliphatic carbocycles. The molecule has 96 valence electrons. The van der Waals surface area contributed by atoms with Gasteiger partial charge in [-0.15, -0.1) is 0 Å². The number of aromatic nitrogens is 1. The van der Waals surface area contributed by atoms with Crippen molar-refractivity contribution in [3.05, 3.63) is 22.8 Å². The fourth-order valence-electron chi connectivity index (χ4n) is 2.26. The van der Waals surface area contributed by atoms with Gasteiger partial charge in [-0.2, -0.15) is 5.26 Å². The summed E-state index contributed by atoms with van der Waals surface area (Å²) in [6.07, 6.45) is 2.81. The second-order valence-electron chi connectivity index (χ2n) is 4.63. The molecule has 1 aromatic heterocycles. The van der Waals surface area contributed by atoms with E-state index in [4.69, 9.17) is 21.6 Å². The molecule has 1 aliphatic rings. The highest BCUT2D eigenvalue weighted by atomic mass is 35.5. The molecule has 1 aliphatic heterocycles. The predicted octanol–water partition coefficient (Wildman–Crippen LogP) is 2.47. The van der Waals surface area contributed by atoms with E-state index in [9.17, 15) is 0 Å². The molecular weight excluding hydrogens is 250 g/mol. The third-order valence-electron chi connectivity index (χ3n) is 3.44. The highest BCUT2D eigenvalue weighted by Crippen LogP contribution is 2.29. The number of pyridine rings is 1. The van der Waals surface area contributed by atoms with E-state index in [-0.39, 0.29) is 6.10 Å². The van der Waals surface area contributed by atoms with Crippen LogP contribution < -0.4 is 4.90 Å². The zero-order chi connectivity index (χ0) is 13.1. The zero-order valence-electron chi connectivity index (χ0n) is 10.6. The van der Waals surface area contributed by atoms with Gasteiger partial charge in [0.05, 0.1) is 16.7 Å². The van der Waals surface area contributed by atoms with Gasteiger partial charge in [0, 0.05) is 26.4 Å². The highest BCUT2D eigenvalue weighted by Gasteiger charge is 2.27. The maximum absolute atomic E-state index is 8.80. The number of halogens is 1. The number of hydrogen-bond donors (Lipinski definition) is 0. The van der Waals surface area contributed by atoms with Crippen molar-refractivity contribution in [3.63, 3.8) is 0 Å². The van der Waals surface area contributed by atoms with E-state index in [2.05, 4.69) is 16.8 Å². The first-order valence-electron chi connectivity index (χ1n) is 5.99. The van der Waals surface area contributed by atoms with Crippen LogP contribution in [0.2, 0.25) is 5.02 Å². The molecule has 18 heavy (non-hydrogen) atoms. The SMILES string of the molecule is COC1CN(c2ncc(C#N)cc2Cl)CCC1C. The molecule has 0 amide bonds. The van der Waals surface area contributed by atoms with Crippen LogP contribution >= 0.6 is 11.6 Å². The Morgan fingerprint density at radius 2 is 2.39 bits per heavy atom. The highest BCUT2D eigenvalue weighted by molar-refractivity contribution is 6.33. The zero-order valence-corrected chi connectivity index (χ0v) is 11.3. The molecule has 0 spiro atoms. The first-order chi connectivity index (χ1) is 8.65. The maximum Gasteiger partial charge on any atom is 0.147 e. The van der Waals surface area contributed by atoms with Crippen molar-refractivity contribution in [2.75, 3.05) is 25.1 Å². The molecule has 0 radical (unpaired) electrons. The summed E-state index contributed by atoms with van der Waals surface area (Å²) < 4.78 is 5.48. The minimum Gasteiger partial charge on any atom is -0.379 e. The Labute approximate surface area is 112 Å². The van der Waals surface area contributed by atoms with Crippen molar-refractivity contribution < 1.29 is 4.74 Å². The number of nitrogens with zero attached hydrogens (tertiary/aromatic N) is 3. The number of piperidine rings is 1. The van der Waals surface area contributed by atoms with Gasteiger partial charge in [-0.3, -0.25) is 0 Å². The first kappa shape index (κ1) is 13.1. The molecule has 0 N–H and O–H groups in total. The lowest BCUT2D eigenvalue weighted by molar-refractivity contribution is 0.0496. The minimum absolute atomic E-state index is 0.201. The van der Waals surface area contributed by atoms with Crippen LogP contribution in [0.1, 0.15) is 18.9 Å². The largest absolute Gasteiger partial charge is 0.379 e. The summed E-state index contributed by atoms with van der Waals surface area (Å²) in [6, 6.07) is 3.69. The van der Waals surface area contributed by atoms with Crippen molar-refractivity contribution in [2.24, 2.45) is 5.92 Å². The van der Waals surface area contributed by atoms with Crippen LogP contribution in [0.25, 0.3) is 0 Å². The normalized spacial score (nSPS) is 23.8. The molecule has 2 atom stereocenters. The average Bonchev–Trinajstić information content (AvgIpc) is 2.39. The van der Waals surface area contributed by atoms with E-state index in [1.54, 1.807) is 19.4 Å². The number of hydrogen-bond acceptors (Lipinski definition) is 4. The summed E-state index contributed by atoms with van der Waals surface area (Å²) in [4.78, 5) is 6.41. The monoisotopic (exact) mass is 265 g/mol. The first-order valence-corrected chi connectivity index (χ1v) is 6.37. The van der Waals surface area contributed by atoms with Crippen LogP contribution in [-0.4, -0.2) is 31.3 Å². The van der Waals surface area contributed by atoms with Crippen molar-refractivity contribution in [2.45, 2.75) is 19.4 Å². The van der Waals surface area contributed by atoms with Crippen molar-refractivity contribution >= 4 is 17.4 Å². The van der Waals surface area contributed by atoms with E-state index in [0.717, 1.165) is 25.3 Å². The Hall–Kier alpha value is -1.31. The van der Waals surface area contributed by atoms with Gasteiger partial charge >= 0.3 is 0 Å². The lowest BCUT2D eigenvalue weighted by Crippen LogP contribution is -2.44. The van der Waals surface area contributed by atoms with Crippen molar-refractivity contribution in [1.82, 2.24) is 4.98 Å². The number of nitriles is 1. The van der Waals surface area contributed by atoms with Gasteiger partial charge in [0.15, 0.2) is 0 Å². The standard InChI is InChI=1S/C13H16ClN3O/c1-9-3-4-17(8-12(9)18-2)13-11(14)5-10(6-15)7-16-13/h5,7,9,12H,3-4,8H2,1-2H3. The lowest BCUT2D eigenvalue weighted by Gasteiger charge is -2.37. The summed E-state index contributed by atoms with van der Waals surface area (Å²) in [7, 11) is 1.73. The summed E-state index contributed by atoms with van der Waals surface area (Å²) in [6.45, 7) is 3.90. The Morgan fingerprint density at radius 1 is 1.61 bits per heavy atom. The van der Waals surface area contributed by atoms with Gasteiger partial charge in [0.1, 0.15) is 11.9 Å². The summed E-state index contributed by atoms with van der Waals surface area (Å²) >= 11 is 6.17. The average molecular weight is 266 g/mol. The molecule has 1 fully saturated rings. The van der Waals surface area contributed by atoms with E-state index < -0.39 is 0 Å². The fourth-order valence-corrected chi connectivity index (χ4v) is 2.54. The minimum atomic E-state index is 0.201. The Kier molecular flexibility index (Phi) is 4.05. The predicted molar refractivity (Wildman–Crippen MR) is 70.8 cm³/mol. The number of anilines is 1. The van der Waals surface area contributed by atoms with Gasteiger partial charge < -0.3 is 9.64 Å². The van der Waals surface area contributed by atoms with Crippen molar-refractivity contribution in [3.8, 4) is 6.07 Å². The molecule has 2 heterocycles. The molecule has 1 aromatic rings. The molecule has 0 aromatic carbocycles. The van der Waals surface area contributed by atoms with Gasteiger partial charge in [-0.25, -0.2) is 4.98 Å². The molecule has 4 nitrogen and oxygen atoms in total. The molecule has 0 saturated carbocycles. The smallest absolute Gasteiger partial charge is 0.147 e. The van der Waals surface area contributed by atoms with Crippen LogP contribution in [0.4, 0.5) is 5.82 Å². The summed E-state index contributed by atoms with van der Waals surface area (Å²) in [5.41, 5.74) is 0.484. The van der Waals surface area contributed by atoms with Gasteiger partial charge in [0.25, 0.3) is 0 Å². The number of rotatable bonds is 2. The molecule has 1 saturated heterocycles. The molecule has 0 bridgehead atoms. The van der Waals surface area contributed by atoms with Crippen molar-refractivity contribution in [1.29, 1.82) is 5.26 Å². The van der Waals surface area contributed by atoms with E-state index in [0.29, 0.717) is 16.5 Å². The van der Waals surface area contributed by atoms with E-state index in [1.165, 1.54) is 0 Å². The van der Waals surface area contributed by atoms with Gasteiger partial charge in [-0.1, -0.05) is 18.5 Å². The molecule has 2 rings (SSSR count). The molecule has 5 heteroatoms. The van der Waals surface area contributed by atoms with Crippen LogP contribution in [0.3, 0.4) is 0 Å². The van der Waals surface area contributed by atoms with E-state index in [1.807, 2.05) is 6.07 Å². The fraction of sp³-hybridized carbons (Fsp3) is 0.538. The molecular formula is C13H16ClN3O. The summed E-state index contributed by atoms with van der Waals surface area (Å²) in [5.74, 6) is 1.29. The summed E-state index contributed by atoms with van der Waals surface area (Å²) in [5, 5.41) is 9.32. The second kappa shape index (κ2) is 5.55. The Bertz CT molecular complexity index is 472. The van der Waals surface area contributed by atoms with Crippen LogP contribution in [0.15, 0.2) is 12.3 Å². The topological polar surface area (TPSA) is 49.1 Å². The number of ether oxygens (including phenoxy) is 1. The quantitative estimate of drug-likeness (QED) is 0.824. The third kappa shape index (κ3) is 2.58. The maximum atomic E-state index is 8.80. The third-order valence-corrected chi connectivity index (χ3v) is 3.72. The van der Waals surface area contributed by atoms with Crippen LogP contribution in [0, 0.1) is 17.2 Å². The lowest BCUT2D eigenvalue weighted by atomic mass is 9.96. The van der Waals surface area contributed by atoms with Gasteiger partial charge in [-0.05, 0) is 18.4 Å². The Balaban J connectivity index is 2.20. The van der Waals surface area contributed by atoms with Crippen LogP contribution in [-0.2, 0) is 4.74 Å².